The van der Waals surface area contributed by atoms with Crippen molar-refractivity contribution in [2.45, 2.75) is 76.4 Å². The van der Waals surface area contributed by atoms with Crippen molar-refractivity contribution in [3.63, 3.8) is 0 Å². The number of nitriles is 2. The molecule has 0 unspecified atom stereocenters. The SMILES string of the molecule is C[C@H]1CN(C(=O)c2nn(C)c3cc(C#N)ccc23)Cc2cnc([C@@](C)(O)C(F)(F)F)n21.C[C@H]1CNCc2cnc([C@@](C)(O)C(F)(F)F)n21.Cn1nc(C(=O)O)c2ccc(C#N)cc21. The van der Waals surface area contributed by atoms with Gasteiger partial charge in [0.25, 0.3) is 5.91 Å². The lowest BCUT2D eigenvalue weighted by molar-refractivity contribution is -0.263. The number of benzene rings is 2. The van der Waals surface area contributed by atoms with E-state index >= 15 is 0 Å². The van der Waals surface area contributed by atoms with E-state index in [1.165, 1.54) is 35.8 Å². The number of nitrogens with zero attached hydrogens (tertiary/aromatic N) is 11. The number of nitrogens with one attached hydrogen (secondary N) is 1. The second kappa shape index (κ2) is 16.5. The number of hydrogen-bond acceptors (Lipinski definition) is 11. The molecule has 332 valence electrons. The number of rotatable bonds is 4. The maximum absolute atomic E-state index is 13.3. The molecule has 0 bridgehead atoms. The highest BCUT2D eigenvalue weighted by molar-refractivity contribution is 6.05. The maximum Gasteiger partial charge on any atom is 0.424 e. The molecule has 1 amide bonds. The van der Waals surface area contributed by atoms with Crippen molar-refractivity contribution >= 4 is 33.7 Å². The third-order valence-corrected chi connectivity index (χ3v) is 10.8. The Labute approximate surface area is 354 Å². The van der Waals surface area contributed by atoms with E-state index in [-0.39, 0.29) is 42.3 Å². The molecule has 4 N–H and O–H groups in total. The van der Waals surface area contributed by atoms with Crippen molar-refractivity contribution in [3.05, 3.63) is 94.3 Å². The molecule has 8 rings (SSSR count). The number of aromatic nitrogens is 8. The van der Waals surface area contributed by atoms with Gasteiger partial charge in [-0.2, -0.15) is 47.1 Å². The maximum atomic E-state index is 13.3. The Balaban J connectivity index is 0.000000174. The number of alkyl halides is 6. The van der Waals surface area contributed by atoms with Gasteiger partial charge in [-0.1, -0.05) is 0 Å². The van der Waals surface area contributed by atoms with Crippen LogP contribution in [-0.2, 0) is 38.4 Å². The largest absolute Gasteiger partial charge is 0.476 e. The molecule has 0 spiro atoms. The van der Waals surface area contributed by atoms with E-state index < -0.39 is 41.4 Å². The molecule has 4 atom stereocenters. The second-order valence-electron chi connectivity index (χ2n) is 15.5. The Hall–Kier alpha value is -6.82. The number of carbonyl (C=O) groups excluding carboxylic acids is 1. The van der Waals surface area contributed by atoms with E-state index in [1.807, 2.05) is 12.1 Å². The van der Waals surface area contributed by atoms with Gasteiger partial charge in [-0.3, -0.25) is 14.2 Å². The summed E-state index contributed by atoms with van der Waals surface area (Å²) in [5, 5.41) is 58.8. The minimum absolute atomic E-state index is 0.0111. The average molecular weight is 883 g/mol. The van der Waals surface area contributed by atoms with Crippen LogP contribution in [0.3, 0.4) is 0 Å². The first-order valence-electron chi connectivity index (χ1n) is 19.0. The zero-order valence-corrected chi connectivity index (χ0v) is 34.4. The van der Waals surface area contributed by atoms with Gasteiger partial charge in [0, 0.05) is 56.7 Å². The van der Waals surface area contributed by atoms with Gasteiger partial charge in [-0.25, -0.2) is 14.8 Å². The van der Waals surface area contributed by atoms with Crippen LogP contribution in [0.2, 0.25) is 0 Å². The van der Waals surface area contributed by atoms with E-state index in [4.69, 9.17) is 15.6 Å². The Morgan fingerprint density at radius 3 is 1.70 bits per heavy atom. The summed E-state index contributed by atoms with van der Waals surface area (Å²) in [7, 11) is 3.32. The zero-order valence-electron chi connectivity index (χ0n) is 34.4. The summed E-state index contributed by atoms with van der Waals surface area (Å²) >= 11 is 0. The molecule has 2 aliphatic heterocycles. The van der Waals surface area contributed by atoms with Gasteiger partial charge in [0.05, 0.1) is 64.5 Å². The fraction of sp³-hybridized carbons (Fsp3) is 0.400. The lowest BCUT2D eigenvalue weighted by Crippen LogP contribution is -2.45. The molecule has 0 saturated carbocycles. The summed E-state index contributed by atoms with van der Waals surface area (Å²) in [6.45, 7) is 6.02. The van der Waals surface area contributed by atoms with Crippen LogP contribution in [0.5, 0.6) is 0 Å². The Morgan fingerprint density at radius 1 is 0.762 bits per heavy atom. The van der Waals surface area contributed by atoms with Crippen molar-refractivity contribution in [2.24, 2.45) is 14.1 Å². The number of aryl methyl sites for hydroxylation is 2. The highest BCUT2D eigenvalue weighted by Gasteiger charge is 2.56. The van der Waals surface area contributed by atoms with Gasteiger partial charge >= 0.3 is 18.3 Å². The lowest BCUT2D eigenvalue weighted by atomic mass is 10.0. The molecular formula is C40H40F6N12O5. The van der Waals surface area contributed by atoms with Crippen LogP contribution in [-0.4, -0.2) is 96.2 Å². The molecule has 2 aliphatic rings. The number of fused-ring (bicyclic) bond motifs is 4. The number of imidazole rings is 2. The fourth-order valence-corrected chi connectivity index (χ4v) is 7.43. The summed E-state index contributed by atoms with van der Waals surface area (Å²) in [6, 6.07) is 13.0. The van der Waals surface area contributed by atoms with E-state index in [2.05, 4.69) is 25.5 Å². The first-order valence-corrected chi connectivity index (χ1v) is 19.0. The van der Waals surface area contributed by atoms with Crippen molar-refractivity contribution in [1.29, 1.82) is 10.5 Å². The Kier molecular flexibility index (Phi) is 11.9. The van der Waals surface area contributed by atoms with Gasteiger partial charge in [-0.05, 0) is 64.1 Å². The second-order valence-corrected chi connectivity index (χ2v) is 15.5. The summed E-state index contributed by atoms with van der Waals surface area (Å²) in [4.78, 5) is 33.1. The van der Waals surface area contributed by atoms with Crippen molar-refractivity contribution in [1.82, 2.24) is 48.9 Å². The van der Waals surface area contributed by atoms with Crippen LogP contribution < -0.4 is 5.32 Å². The molecule has 4 aromatic heterocycles. The number of halogens is 6. The van der Waals surface area contributed by atoms with E-state index in [1.54, 1.807) is 64.3 Å². The fourth-order valence-electron chi connectivity index (χ4n) is 7.43. The van der Waals surface area contributed by atoms with Crippen molar-refractivity contribution < 1.29 is 51.3 Å². The lowest BCUT2D eigenvalue weighted by Gasteiger charge is -2.36. The molecule has 63 heavy (non-hydrogen) atoms. The van der Waals surface area contributed by atoms with Gasteiger partial charge < -0.3 is 34.7 Å². The summed E-state index contributed by atoms with van der Waals surface area (Å²) in [6.07, 6.45) is -7.00. The third-order valence-electron chi connectivity index (χ3n) is 10.8. The van der Waals surface area contributed by atoms with Crippen LogP contribution >= 0.6 is 0 Å². The molecule has 17 nitrogen and oxygen atoms in total. The minimum Gasteiger partial charge on any atom is -0.476 e. The summed E-state index contributed by atoms with van der Waals surface area (Å²) in [5.74, 6) is -2.28. The number of hydrogen-bond donors (Lipinski definition) is 4. The van der Waals surface area contributed by atoms with Crippen molar-refractivity contribution in [2.75, 3.05) is 13.1 Å². The quantitative estimate of drug-likeness (QED) is 0.170. The molecule has 23 heteroatoms. The van der Waals surface area contributed by atoms with Gasteiger partial charge in [-0.15, -0.1) is 0 Å². The first kappa shape index (κ1) is 45.7. The molecule has 0 radical (unpaired) electrons. The molecule has 6 heterocycles. The monoisotopic (exact) mass is 882 g/mol. The summed E-state index contributed by atoms with van der Waals surface area (Å²) in [5.41, 5.74) is -2.58. The summed E-state index contributed by atoms with van der Waals surface area (Å²) < 4.78 is 84.1. The van der Waals surface area contributed by atoms with Crippen LogP contribution in [0, 0.1) is 22.7 Å². The number of aliphatic hydroxyl groups is 2. The van der Waals surface area contributed by atoms with Crippen LogP contribution in [0.1, 0.15) is 94.9 Å². The number of carboxylic acid groups (broad SMARTS) is 1. The minimum atomic E-state index is -4.89. The highest BCUT2D eigenvalue weighted by Crippen LogP contribution is 2.41. The molecule has 0 saturated heterocycles. The topological polar surface area (TPSA) is 229 Å². The van der Waals surface area contributed by atoms with Gasteiger partial charge in [0.15, 0.2) is 23.0 Å². The van der Waals surface area contributed by atoms with Crippen LogP contribution in [0.15, 0.2) is 48.8 Å². The zero-order chi connectivity index (χ0) is 46.6. The molecule has 0 fully saturated rings. The van der Waals surface area contributed by atoms with E-state index in [9.17, 15) is 46.1 Å². The Bertz CT molecular complexity index is 2820. The van der Waals surface area contributed by atoms with E-state index in [0.29, 0.717) is 64.3 Å². The predicted molar refractivity (Wildman–Crippen MR) is 209 cm³/mol. The molecule has 6 aromatic rings. The standard InChI is InChI=1S/C20H19F3N6O2.C10H14F3N3O.C10H7N3O2/c1-11-9-28(10-13-8-25-18(29(11)13)19(2,31)20(21,22)23)17(30)16-14-5-4-12(7-24)6-15(14)27(3)26-16;1-6-3-14-4-7-5-15-8(16(6)7)9(2,17)10(11,12)13;1-13-8-4-6(5-11)2-3-7(8)9(12-13)10(14)15/h4-6,8,11,31H,9-10H2,1-3H3;5-6,14,17H,3-4H2,1-2H3;2-4H,1H3,(H,14,15)/t11-,19+;6-,9+;/m00./s1. The number of amides is 1. The smallest absolute Gasteiger partial charge is 0.424 e. The number of carbonyl (C=O) groups is 2. The van der Waals surface area contributed by atoms with E-state index in [0.717, 1.165) is 6.92 Å². The highest BCUT2D eigenvalue weighted by atomic mass is 19.4. The molecule has 2 aromatic carbocycles. The van der Waals surface area contributed by atoms with Crippen LogP contribution in [0.25, 0.3) is 21.8 Å². The van der Waals surface area contributed by atoms with Crippen LogP contribution in [0.4, 0.5) is 26.3 Å². The normalized spacial score (nSPS) is 18.1. The molecular weight excluding hydrogens is 843 g/mol. The number of aromatic carboxylic acids is 1. The third kappa shape index (κ3) is 8.29. The van der Waals surface area contributed by atoms with Crippen molar-refractivity contribution in [3.8, 4) is 12.1 Å². The Morgan fingerprint density at radius 2 is 1.22 bits per heavy atom. The average Bonchev–Trinajstić information content (AvgIpc) is 4.01. The first-order chi connectivity index (χ1) is 29.3. The number of carboxylic acids is 1. The molecule has 0 aliphatic carbocycles. The van der Waals surface area contributed by atoms with Gasteiger partial charge in [0.2, 0.25) is 11.2 Å². The predicted octanol–water partition coefficient (Wildman–Crippen LogP) is 5.09. The van der Waals surface area contributed by atoms with Gasteiger partial charge in [0.1, 0.15) is 0 Å².